The molecule has 0 rings (SSSR count). The molecule has 0 fully saturated rings. The van der Waals surface area contributed by atoms with Crippen LogP contribution >= 0.6 is 7.82 Å². The van der Waals surface area contributed by atoms with Crippen molar-refractivity contribution < 1.29 is 37.9 Å². The number of allylic oxidation sites excluding steroid dienone is 4. The fraction of sp³-hybridized carbons (Fsp3) is 0.854. The monoisotopic (exact) mass is 729 g/mol. The van der Waals surface area contributed by atoms with Crippen LogP contribution < -0.4 is 0 Å². The van der Waals surface area contributed by atoms with Crippen LogP contribution in [-0.4, -0.2) is 41.0 Å². The number of esters is 2. The van der Waals surface area contributed by atoms with Crippen LogP contribution in [0.2, 0.25) is 0 Å². The summed E-state index contributed by atoms with van der Waals surface area (Å²) in [6.07, 6.45) is 41.8. The maximum atomic E-state index is 12.4. The normalized spacial score (nSPS) is 12.6. The van der Waals surface area contributed by atoms with Crippen molar-refractivity contribution in [3.8, 4) is 0 Å². The smallest absolute Gasteiger partial charge is 0.462 e. The fourth-order valence-corrected chi connectivity index (χ4v) is 6.19. The predicted octanol–water partition coefficient (Wildman–Crippen LogP) is 12.4. The minimum Gasteiger partial charge on any atom is -0.462 e. The lowest BCUT2D eigenvalue weighted by Gasteiger charge is -2.18. The highest BCUT2D eigenvalue weighted by Crippen LogP contribution is 2.36. The van der Waals surface area contributed by atoms with Gasteiger partial charge < -0.3 is 19.3 Å². The van der Waals surface area contributed by atoms with Gasteiger partial charge in [-0.2, -0.15) is 0 Å². The van der Waals surface area contributed by atoms with Crippen LogP contribution in [0.3, 0.4) is 0 Å². The molecule has 0 aliphatic heterocycles. The molecule has 0 spiro atoms. The Hall–Kier alpha value is -1.47. The van der Waals surface area contributed by atoms with Gasteiger partial charge in [-0.3, -0.25) is 14.1 Å². The van der Waals surface area contributed by atoms with Crippen molar-refractivity contribution in [1.29, 1.82) is 0 Å². The lowest BCUT2D eigenvalue weighted by Crippen LogP contribution is -2.29. The topological polar surface area (TPSA) is 119 Å². The Balaban J connectivity index is 3.92. The first kappa shape index (κ1) is 48.5. The molecule has 0 saturated heterocycles. The van der Waals surface area contributed by atoms with E-state index >= 15 is 0 Å². The van der Waals surface area contributed by atoms with E-state index in [-0.39, 0.29) is 19.4 Å². The molecule has 0 saturated carbocycles. The zero-order valence-corrected chi connectivity index (χ0v) is 33.2. The second-order valence-corrected chi connectivity index (χ2v) is 15.2. The van der Waals surface area contributed by atoms with E-state index < -0.39 is 32.5 Å². The fourth-order valence-electron chi connectivity index (χ4n) is 5.83. The van der Waals surface area contributed by atoms with Gasteiger partial charge >= 0.3 is 19.8 Å². The van der Waals surface area contributed by atoms with Crippen LogP contribution in [0.5, 0.6) is 0 Å². The summed E-state index contributed by atoms with van der Waals surface area (Å²) in [5.41, 5.74) is 0. The van der Waals surface area contributed by atoms with Gasteiger partial charge in [-0.25, -0.2) is 4.57 Å². The van der Waals surface area contributed by atoms with Crippen molar-refractivity contribution in [2.45, 2.75) is 213 Å². The molecule has 0 radical (unpaired) electrons. The Morgan fingerprint density at radius 3 is 1.24 bits per heavy atom. The zero-order valence-electron chi connectivity index (χ0n) is 32.3. The van der Waals surface area contributed by atoms with Gasteiger partial charge in [0.2, 0.25) is 0 Å². The van der Waals surface area contributed by atoms with Crippen molar-refractivity contribution in [2.75, 3.05) is 13.2 Å². The highest BCUT2D eigenvalue weighted by molar-refractivity contribution is 7.46. The lowest BCUT2D eigenvalue weighted by atomic mass is 10.1. The lowest BCUT2D eigenvalue weighted by molar-refractivity contribution is -0.161. The van der Waals surface area contributed by atoms with Crippen LogP contribution in [0.25, 0.3) is 0 Å². The van der Waals surface area contributed by atoms with E-state index in [1.165, 1.54) is 116 Å². The molecule has 9 heteroatoms. The second kappa shape index (κ2) is 37.3. The Morgan fingerprint density at radius 1 is 0.500 bits per heavy atom. The molecule has 0 aromatic rings. The average molecular weight is 729 g/mol. The summed E-state index contributed by atoms with van der Waals surface area (Å²) >= 11 is 0. The first-order valence-electron chi connectivity index (χ1n) is 20.6. The standard InChI is InChI=1S/C41H77O8P/c1-3-5-7-9-11-13-15-17-19-20-22-24-26-28-30-32-34-36-41(43)49-39(38-48-50(44,45)46)37-47-40(42)35-33-31-29-27-25-23-21-18-16-14-12-10-8-6-4-2/h14,16-17,19,39H,3-13,15,18,20-38H2,1-2H3,(H2,44,45,46)/b16-14+,19-17+/t39-/m1/s1. The van der Waals surface area contributed by atoms with Gasteiger partial charge in [0.1, 0.15) is 6.61 Å². The minimum atomic E-state index is -4.75. The first-order valence-corrected chi connectivity index (χ1v) is 22.2. The summed E-state index contributed by atoms with van der Waals surface area (Å²) in [6, 6.07) is 0. The van der Waals surface area contributed by atoms with E-state index in [0.717, 1.165) is 57.8 Å². The molecule has 0 aliphatic rings. The number of carbonyl (C=O) groups excluding carboxylic acids is 2. The Morgan fingerprint density at radius 2 is 0.840 bits per heavy atom. The van der Waals surface area contributed by atoms with Crippen molar-refractivity contribution in [3.05, 3.63) is 24.3 Å². The van der Waals surface area contributed by atoms with Gasteiger partial charge in [0.05, 0.1) is 6.61 Å². The number of carbonyl (C=O) groups is 2. The van der Waals surface area contributed by atoms with E-state index in [0.29, 0.717) is 6.42 Å². The zero-order chi connectivity index (χ0) is 36.8. The highest BCUT2D eigenvalue weighted by Gasteiger charge is 2.22. The number of unbranched alkanes of at least 4 members (excludes halogenated alkanes) is 24. The molecule has 0 unspecified atom stereocenters. The van der Waals surface area contributed by atoms with E-state index in [2.05, 4.69) is 42.7 Å². The van der Waals surface area contributed by atoms with Crippen molar-refractivity contribution >= 4 is 19.8 Å². The molecule has 0 aliphatic carbocycles. The van der Waals surface area contributed by atoms with Crippen LogP contribution in [0.4, 0.5) is 0 Å². The number of ether oxygens (including phenoxy) is 2. The summed E-state index contributed by atoms with van der Waals surface area (Å²) in [6.45, 7) is 3.67. The third-order valence-electron chi connectivity index (χ3n) is 8.94. The molecular weight excluding hydrogens is 651 g/mol. The Kier molecular flexibility index (Phi) is 36.2. The second-order valence-electron chi connectivity index (χ2n) is 14.0. The molecule has 0 amide bonds. The maximum absolute atomic E-state index is 12.4. The maximum Gasteiger partial charge on any atom is 0.469 e. The highest BCUT2D eigenvalue weighted by atomic mass is 31.2. The first-order chi connectivity index (χ1) is 24.3. The Labute approximate surface area is 307 Å². The van der Waals surface area contributed by atoms with Crippen LogP contribution in [0.1, 0.15) is 206 Å². The summed E-state index contributed by atoms with van der Waals surface area (Å²) < 4.78 is 26.4. The van der Waals surface area contributed by atoms with E-state index in [1.807, 2.05) is 0 Å². The van der Waals surface area contributed by atoms with Gasteiger partial charge in [0, 0.05) is 12.8 Å². The molecular formula is C41H77O8P. The summed E-state index contributed by atoms with van der Waals surface area (Å²) in [5, 5.41) is 0. The van der Waals surface area contributed by atoms with Gasteiger partial charge in [0.15, 0.2) is 6.10 Å². The average Bonchev–Trinajstić information content (AvgIpc) is 3.08. The molecule has 294 valence electrons. The predicted molar refractivity (Wildman–Crippen MR) is 207 cm³/mol. The quantitative estimate of drug-likeness (QED) is 0.0279. The summed E-state index contributed by atoms with van der Waals surface area (Å²) in [4.78, 5) is 42.8. The molecule has 0 aromatic heterocycles. The molecule has 50 heavy (non-hydrogen) atoms. The molecule has 8 nitrogen and oxygen atoms in total. The van der Waals surface area contributed by atoms with Gasteiger partial charge in [0.25, 0.3) is 0 Å². The molecule has 0 bridgehead atoms. The van der Waals surface area contributed by atoms with E-state index in [4.69, 9.17) is 19.3 Å². The summed E-state index contributed by atoms with van der Waals surface area (Å²) in [5.74, 6) is -0.889. The van der Waals surface area contributed by atoms with Gasteiger partial charge in [-0.15, -0.1) is 0 Å². The van der Waals surface area contributed by atoms with Gasteiger partial charge in [-0.1, -0.05) is 154 Å². The third-order valence-corrected chi connectivity index (χ3v) is 9.43. The Bertz CT molecular complexity index is 869. The minimum absolute atomic E-state index is 0.208. The number of phosphoric ester groups is 1. The van der Waals surface area contributed by atoms with Crippen LogP contribution in [0, 0.1) is 0 Å². The SMILES string of the molecule is CCCCCC/C=C/CCCCCCCCCC(=O)OC[C@H](COP(=O)(O)O)OC(=O)CCCCCCCCC/C=C/CCCCCCCC. The van der Waals surface area contributed by atoms with Gasteiger partial charge in [-0.05, 0) is 64.2 Å². The number of phosphoric acid groups is 1. The van der Waals surface area contributed by atoms with Crippen molar-refractivity contribution in [3.63, 3.8) is 0 Å². The van der Waals surface area contributed by atoms with Crippen molar-refractivity contribution in [2.24, 2.45) is 0 Å². The number of rotatable bonds is 38. The number of hydrogen-bond acceptors (Lipinski definition) is 6. The van der Waals surface area contributed by atoms with Crippen molar-refractivity contribution in [1.82, 2.24) is 0 Å². The molecule has 1 atom stereocenters. The van der Waals surface area contributed by atoms with E-state index in [9.17, 15) is 14.2 Å². The van der Waals surface area contributed by atoms with Crippen LogP contribution in [-0.2, 0) is 28.2 Å². The third kappa shape index (κ3) is 39.3. The van der Waals surface area contributed by atoms with E-state index in [1.54, 1.807) is 0 Å². The molecule has 0 heterocycles. The summed E-state index contributed by atoms with van der Waals surface area (Å²) in [7, 11) is -4.75. The largest absolute Gasteiger partial charge is 0.469 e. The van der Waals surface area contributed by atoms with Crippen LogP contribution in [0.15, 0.2) is 24.3 Å². The molecule has 0 aromatic carbocycles. The molecule has 2 N–H and O–H groups in total. The number of hydrogen-bond donors (Lipinski definition) is 2.